The summed E-state index contributed by atoms with van der Waals surface area (Å²) < 4.78 is 34.4. The molecule has 0 bridgehead atoms. The summed E-state index contributed by atoms with van der Waals surface area (Å²) in [4.78, 5) is 11.2. The molecule has 0 aliphatic carbocycles. The first-order valence-corrected chi connectivity index (χ1v) is 10.7. The number of nitrogens with one attached hydrogen (secondary N) is 1. The van der Waals surface area contributed by atoms with Crippen LogP contribution in [0.15, 0.2) is 71.6 Å². The van der Waals surface area contributed by atoms with E-state index in [1.165, 1.54) is 13.2 Å². The predicted octanol–water partition coefficient (Wildman–Crippen LogP) is 3.60. The maximum absolute atomic E-state index is 13.2. The van der Waals surface area contributed by atoms with E-state index in [9.17, 15) is 13.2 Å². The molecule has 29 heavy (non-hydrogen) atoms. The van der Waals surface area contributed by atoms with Crippen molar-refractivity contribution in [2.24, 2.45) is 0 Å². The molecule has 3 rings (SSSR count). The summed E-state index contributed by atoms with van der Waals surface area (Å²) in [5, 5.41) is 10.3. The van der Waals surface area contributed by atoms with Crippen molar-refractivity contribution in [3.8, 4) is 5.75 Å². The molecule has 7 heteroatoms. The van der Waals surface area contributed by atoms with Gasteiger partial charge in [0.1, 0.15) is 5.75 Å². The Hall–Kier alpha value is -2.90. The molecule has 2 N–H and O–H groups in total. The van der Waals surface area contributed by atoms with E-state index in [1.54, 1.807) is 24.3 Å². The molecule has 0 heterocycles. The Morgan fingerprint density at radius 1 is 1.00 bits per heavy atom. The molecule has 0 aliphatic rings. The molecule has 3 aromatic carbocycles. The molecular formula is C22H23NO5S. The van der Waals surface area contributed by atoms with E-state index in [1.807, 2.05) is 36.4 Å². The third-order valence-corrected chi connectivity index (χ3v) is 6.29. The van der Waals surface area contributed by atoms with Crippen LogP contribution in [-0.4, -0.2) is 32.6 Å². The van der Waals surface area contributed by atoms with E-state index in [2.05, 4.69) is 4.72 Å². The van der Waals surface area contributed by atoms with Gasteiger partial charge >= 0.3 is 5.97 Å². The van der Waals surface area contributed by atoms with E-state index < -0.39 is 22.0 Å². The topological polar surface area (TPSA) is 92.7 Å². The van der Waals surface area contributed by atoms with Crippen LogP contribution < -0.4 is 9.46 Å². The lowest BCUT2D eigenvalue weighted by Crippen LogP contribution is -2.37. The quantitative estimate of drug-likeness (QED) is 0.559. The third kappa shape index (κ3) is 5.13. The van der Waals surface area contributed by atoms with Crippen LogP contribution >= 0.6 is 0 Å². The van der Waals surface area contributed by atoms with Crippen molar-refractivity contribution in [2.75, 3.05) is 7.11 Å². The number of hydrogen-bond donors (Lipinski definition) is 2. The van der Waals surface area contributed by atoms with Crippen LogP contribution in [0.3, 0.4) is 0 Å². The summed E-state index contributed by atoms with van der Waals surface area (Å²) in [7, 11) is -2.34. The minimum atomic E-state index is -3.88. The summed E-state index contributed by atoms with van der Waals surface area (Å²) in [6, 6.07) is 19.1. The van der Waals surface area contributed by atoms with Gasteiger partial charge in [0.25, 0.3) is 0 Å². The Morgan fingerprint density at radius 2 is 1.66 bits per heavy atom. The number of methoxy groups -OCH3 is 1. The van der Waals surface area contributed by atoms with Crippen LogP contribution in [0.25, 0.3) is 10.8 Å². The number of carbonyl (C=O) groups is 1. The highest BCUT2D eigenvalue weighted by molar-refractivity contribution is 7.89. The average Bonchev–Trinajstić information content (AvgIpc) is 2.71. The van der Waals surface area contributed by atoms with Crippen molar-refractivity contribution in [3.05, 3.63) is 72.3 Å². The second kappa shape index (κ2) is 9.07. The molecule has 1 atom stereocenters. The van der Waals surface area contributed by atoms with Crippen LogP contribution in [0.5, 0.6) is 5.75 Å². The van der Waals surface area contributed by atoms with Crippen molar-refractivity contribution in [3.63, 3.8) is 0 Å². The van der Waals surface area contributed by atoms with Gasteiger partial charge in [-0.1, -0.05) is 54.6 Å². The van der Waals surface area contributed by atoms with Crippen molar-refractivity contribution in [1.82, 2.24) is 4.72 Å². The van der Waals surface area contributed by atoms with Crippen LogP contribution in [0.2, 0.25) is 0 Å². The van der Waals surface area contributed by atoms with Crippen LogP contribution in [0.4, 0.5) is 0 Å². The van der Waals surface area contributed by atoms with E-state index >= 15 is 0 Å². The highest BCUT2D eigenvalue weighted by Gasteiger charge is 2.24. The maximum Gasteiger partial charge on any atom is 0.303 e. The molecule has 0 saturated heterocycles. The fourth-order valence-electron chi connectivity index (χ4n) is 3.34. The lowest BCUT2D eigenvalue weighted by atomic mass is 10.0. The van der Waals surface area contributed by atoms with E-state index in [0.29, 0.717) is 22.9 Å². The number of carboxylic acid groups (broad SMARTS) is 1. The molecule has 0 saturated carbocycles. The molecule has 3 aromatic rings. The molecule has 152 valence electrons. The van der Waals surface area contributed by atoms with Gasteiger partial charge in [-0.15, -0.1) is 0 Å². The first-order valence-electron chi connectivity index (χ1n) is 9.24. The molecule has 0 fully saturated rings. The molecule has 0 radical (unpaired) electrons. The Balaban J connectivity index is 1.94. The SMILES string of the molecule is COc1ccc(S(=O)(=O)NC(CCC(=O)O)Cc2ccccc2)c2ccccc12. The van der Waals surface area contributed by atoms with Crippen molar-refractivity contribution in [1.29, 1.82) is 0 Å². The highest BCUT2D eigenvalue weighted by Crippen LogP contribution is 2.31. The summed E-state index contributed by atoms with van der Waals surface area (Å²) in [6.45, 7) is 0. The molecule has 0 amide bonds. The second-order valence-electron chi connectivity index (χ2n) is 6.75. The van der Waals surface area contributed by atoms with Gasteiger partial charge in [-0.2, -0.15) is 0 Å². The zero-order chi connectivity index (χ0) is 20.9. The fraction of sp³-hybridized carbons (Fsp3) is 0.227. The fourth-order valence-corrected chi connectivity index (χ4v) is 4.82. The Labute approximate surface area is 170 Å². The Bertz CT molecular complexity index is 1100. The van der Waals surface area contributed by atoms with Crippen LogP contribution in [-0.2, 0) is 21.2 Å². The van der Waals surface area contributed by atoms with Gasteiger partial charge in [-0.3, -0.25) is 4.79 Å². The normalized spacial score (nSPS) is 12.6. The zero-order valence-corrected chi connectivity index (χ0v) is 16.9. The molecule has 0 aliphatic heterocycles. The zero-order valence-electron chi connectivity index (χ0n) is 16.0. The minimum Gasteiger partial charge on any atom is -0.496 e. The largest absolute Gasteiger partial charge is 0.496 e. The lowest BCUT2D eigenvalue weighted by Gasteiger charge is -2.19. The van der Waals surface area contributed by atoms with Gasteiger partial charge < -0.3 is 9.84 Å². The van der Waals surface area contributed by atoms with Crippen molar-refractivity contribution < 1.29 is 23.1 Å². The lowest BCUT2D eigenvalue weighted by molar-refractivity contribution is -0.137. The number of hydrogen-bond acceptors (Lipinski definition) is 4. The molecule has 0 aromatic heterocycles. The molecule has 1 unspecified atom stereocenters. The monoisotopic (exact) mass is 413 g/mol. The van der Waals surface area contributed by atoms with E-state index in [-0.39, 0.29) is 17.7 Å². The predicted molar refractivity (Wildman–Crippen MR) is 112 cm³/mol. The van der Waals surface area contributed by atoms with Crippen LogP contribution in [0.1, 0.15) is 18.4 Å². The van der Waals surface area contributed by atoms with Gasteiger partial charge in [0.05, 0.1) is 12.0 Å². The smallest absolute Gasteiger partial charge is 0.303 e. The Morgan fingerprint density at radius 3 is 2.31 bits per heavy atom. The number of rotatable bonds is 9. The molecule has 0 spiro atoms. The second-order valence-corrected chi connectivity index (χ2v) is 8.43. The van der Waals surface area contributed by atoms with Crippen molar-refractivity contribution >= 4 is 26.8 Å². The van der Waals surface area contributed by atoms with E-state index in [4.69, 9.17) is 9.84 Å². The van der Waals surface area contributed by atoms with Crippen LogP contribution in [0, 0.1) is 0 Å². The standard InChI is InChI=1S/C22H23NO5S/c1-28-20-12-13-21(19-10-6-5-9-18(19)20)29(26,27)23-17(11-14-22(24)25)15-16-7-3-2-4-8-16/h2-10,12-13,17,23H,11,14-15H2,1H3,(H,24,25). The average molecular weight is 413 g/mol. The minimum absolute atomic E-state index is 0.122. The van der Waals surface area contributed by atoms with E-state index in [0.717, 1.165) is 5.56 Å². The highest BCUT2D eigenvalue weighted by atomic mass is 32.2. The number of fused-ring (bicyclic) bond motifs is 1. The van der Waals surface area contributed by atoms with Gasteiger partial charge in [0.2, 0.25) is 10.0 Å². The summed E-state index contributed by atoms with van der Waals surface area (Å²) in [6.07, 6.45) is 0.475. The van der Waals surface area contributed by atoms with Gasteiger partial charge in [-0.25, -0.2) is 13.1 Å². The number of ether oxygens (including phenoxy) is 1. The molecule has 6 nitrogen and oxygen atoms in total. The van der Waals surface area contributed by atoms with Gasteiger partial charge in [-0.05, 0) is 30.5 Å². The third-order valence-electron chi connectivity index (χ3n) is 4.71. The first kappa shape index (κ1) is 20.8. The van der Waals surface area contributed by atoms with Crippen molar-refractivity contribution in [2.45, 2.75) is 30.2 Å². The number of carboxylic acids is 1. The number of aliphatic carboxylic acids is 1. The summed E-state index contributed by atoms with van der Waals surface area (Å²) in [5.74, 6) is -0.372. The first-order chi connectivity index (χ1) is 13.9. The van der Waals surface area contributed by atoms with Gasteiger partial charge in [0.15, 0.2) is 0 Å². The number of sulfonamides is 1. The summed E-state index contributed by atoms with van der Waals surface area (Å²) >= 11 is 0. The van der Waals surface area contributed by atoms with Gasteiger partial charge in [0, 0.05) is 23.2 Å². The Kier molecular flexibility index (Phi) is 6.51. The number of benzene rings is 3. The summed E-state index contributed by atoms with van der Waals surface area (Å²) in [5.41, 5.74) is 0.935. The maximum atomic E-state index is 13.2. The molecular weight excluding hydrogens is 390 g/mol.